The second-order valence-corrected chi connectivity index (χ2v) is 8.02. The highest BCUT2D eigenvalue weighted by Crippen LogP contribution is 2.33. The summed E-state index contributed by atoms with van der Waals surface area (Å²) in [5.74, 6) is 0. The number of aromatic nitrogens is 2. The number of nitrogens with two attached hydrogens (primary N) is 1. The molecule has 19 heavy (non-hydrogen) atoms. The van der Waals surface area contributed by atoms with Crippen LogP contribution in [-0.4, -0.2) is 36.2 Å². The molecule has 0 unspecified atom stereocenters. The van der Waals surface area contributed by atoms with E-state index in [0.717, 1.165) is 13.5 Å². The molecule has 1 heterocycles. The zero-order chi connectivity index (χ0) is 14.0. The molecule has 2 rings (SSSR count). The van der Waals surface area contributed by atoms with Gasteiger partial charge in [0.15, 0.2) is 4.34 Å². The van der Waals surface area contributed by atoms with E-state index in [1.165, 1.54) is 55.8 Å². The van der Waals surface area contributed by atoms with Crippen molar-refractivity contribution in [2.24, 2.45) is 0 Å². The van der Waals surface area contributed by atoms with Gasteiger partial charge in [-0.2, -0.15) is 4.37 Å². The van der Waals surface area contributed by atoms with Gasteiger partial charge in [0.2, 0.25) is 10.0 Å². The molecular weight excluding hydrogens is 304 g/mol. The number of benzene rings is 1. The first-order valence-electron chi connectivity index (χ1n) is 5.18. The van der Waals surface area contributed by atoms with Crippen molar-refractivity contribution in [2.45, 2.75) is 14.1 Å². The number of anilines is 1. The van der Waals surface area contributed by atoms with Gasteiger partial charge in [-0.3, -0.25) is 0 Å². The van der Waals surface area contributed by atoms with Gasteiger partial charge in [-0.1, -0.05) is 11.8 Å². The molecule has 0 saturated heterocycles. The molecule has 9 heteroatoms. The van der Waals surface area contributed by atoms with Gasteiger partial charge in [0.25, 0.3) is 0 Å². The van der Waals surface area contributed by atoms with Gasteiger partial charge in [-0.05, 0) is 29.7 Å². The lowest BCUT2D eigenvalue weighted by Gasteiger charge is -2.12. The lowest BCUT2D eigenvalue weighted by atomic mass is 10.3. The number of nitrogen functional groups attached to an aromatic ring is 1. The molecule has 0 aliphatic heterocycles. The van der Waals surface area contributed by atoms with Crippen LogP contribution in [0.3, 0.4) is 0 Å². The molecular formula is C10H12N4O2S3. The summed E-state index contributed by atoms with van der Waals surface area (Å²) in [6, 6.07) is 4.67. The molecule has 2 aromatic rings. The first kappa shape index (κ1) is 14.3. The Hall–Kier alpha value is -1.16. The molecule has 2 N–H and O–H groups in total. The summed E-state index contributed by atoms with van der Waals surface area (Å²) in [6.45, 7) is 0. The Balaban J connectivity index is 2.32. The molecule has 0 atom stereocenters. The van der Waals surface area contributed by atoms with E-state index in [2.05, 4.69) is 9.36 Å². The molecule has 0 aliphatic carbocycles. The molecule has 102 valence electrons. The minimum Gasteiger partial charge on any atom is -0.398 e. The summed E-state index contributed by atoms with van der Waals surface area (Å²) in [6.07, 6.45) is 1.47. The summed E-state index contributed by atoms with van der Waals surface area (Å²) >= 11 is 2.62. The van der Waals surface area contributed by atoms with Crippen molar-refractivity contribution < 1.29 is 8.42 Å². The predicted octanol–water partition coefficient (Wildman–Crippen LogP) is 1.52. The molecule has 0 fully saturated rings. The maximum atomic E-state index is 12.0. The number of rotatable bonds is 4. The Morgan fingerprint density at radius 1 is 1.37 bits per heavy atom. The van der Waals surface area contributed by atoms with Crippen molar-refractivity contribution in [3.63, 3.8) is 0 Å². The Bertz CT molecular complexity index is 668. The summed E-state index contributed by atoms with van der Waals surface area (Å²) < 4.78 is 29.7. The second-order valence-electron chi connectivity index (χ2n) is 3.80. The largest absolute Gasteiger partial charge is 0.398 e. The van der Waals surface area contributed by atoms with Gasteiger partial charge < -0.3 is 5.73 Å². The van der Waals surface area contributed by atoms with Gasteiger partial charge in [0.05, 0.1) is 4.90 Å². The molecule has 6 nitrogen and oxygen atoms in total. The van der Waals surface area contributed by atoms with Crippen LogP contribution in [0.15, 0.2) is 38.7 Å². The zero-order valence-corrected chi connectivity index (χ0v) is 12.7. The third-order valence-electron chi connectivity index (χ3n) is 2.30. The normalized spacial score (nSPS) is 11.9. The molecule has 0 radical (unpaired) electrons. The van der Waals surface area contributed by atoms with Crippen molar-refractivity contribution in [1.29, 1.82) is 0 Å². The van der Waals surface area contributed by atoms with E-state index in [9.17, 15) is 8.42 Å². The first-order chi connectivity index (χ1) is 8.91. The van der Waals surface area contributed by atoms with Gasteiger partial charge in [-0.25, -0.2) is 17.7 Å². The molecule has 1 aromatic carbocycles. The van der Waals surface area contributed by atoms with Gasteiger partial charge in [0, 0.05) is 24.7 Å². The Morgan fingerprint density at radius 3 is 2.63 bits per heavy atom. The van der Waals surface area contributed by atoms with Crippen LogP contribution in [0.2, 0.25) is 0 Å². The topological polar surface area (TPSA) is 89.2 Å². The maximum Gasteiger partial charge on any atom is 0.242 e. The standard InChI is InChI=1S/C10H12N4O2S3/c1-14(2)19(15,16)7-3-4-9(8(11)5-7)17-10-12-6-13-18-10/h3-6H,11H2,1-2H3. The van der Waals surface area contributed by atoms with E-state index in [-0.39, 0.29) is 4.90 Å². The summed E-state index contributed by atoms with van der Waals surface area (Å²) in [7, 11) is -0.496. The minimum atomic E-state index is -3.46. The number of hydrogen-bond acceptors (Lipinski definition) is 7. The average molecular weight is 316 g/mol. The highest BCUT2D eigenvalue weighted by molar-refractivity contribution is 8.01. The molecule has 1 aromatic heterocycles. The number of hydrogen-bond donors (Lipinski definition) is 1. The third kappa shape index (κ3) is 3.06. The van der Waals surface area contributed by atoms with Gasteiger partial charge >= 0.3 is 0 Å². The quantitative estimate of drug-likeness (QED) is 0.860. The van der Waals surface area contributed by atoms with Crippen LogP contribution in [-0.2, 0) is 10.0 Å². The summed E-state index contributed by atoms with van der Waals surface area (Å²) in [4.78, 5) is 4.98. The SMILES string of the molecule is CN(C)S(=O)(=O)c1ccc(Sc2ncns2)c(N)c1. The van der Waals surface area contributed by atoms with Crippen molar-refractivity contribution in [2.75, 3.05) is 19.8 Å². The fraction of sp³-hybridized carbons (Fsp3) is 0.200. The van der Waals surface area contributed by atoms with E-state index in [1.807, 2.05) is 0 Å². The van der Waals surface area contributed by atoms with Crippen molar-refractivity contribution in [3.8, 4) is 0 Å². The van der Waals surface area contributed by atoms with E-state index < -0.39 is 10.0 Å². The van der Waals surface area contributed by atoms with Crippen molar-refractivity contribution in [3.05, 3.63) is 24.5 Å². The minimum absolute atomic E-state index is 0.177. The highest BCUT2D eigenvalue weighted by atomic mass is 32.2. The lowest BCUT2D eigenvalue weighted by molar-refractivity contribution is 0.520. The predicted molar refractivity (Wildman–Crippen MR) is 75.8 cm³/mol. The van der Waals surface area contributed by atoms with Crippen LogP contribution in [0.4, 0.5) is 5.69 Å². The van der Waals surface area contributed by atoms with Crippen molar-refractivity contribution in [1.82, 2.24) is 13.7 Å². The number of sulfonamides is 1. The van der Waals surface area contributed by atoms with Crippen LogP contribution in [0, 0.1) is 0 Å². The van der Waals surface area contributed by atoms with Crippen LogP contribution in [0.5, 0.6) is 0 Å². The van der Waals surface area contributed by atoms with E-state index in [1.54, 1.807) is 6.07 Å². The Kier molecular flexibility index (Phi) is 4.09. The van der Waals surface area contributed by atoms with E-state index >= 15 is 0 Å². The molecule has 0 spiro atoms. The van der Waals surface area contributed by atoms with Gasteiger partial charge in [0.1, 0.15) is 6.33 Å². The number of nitrogens with zero attached hydrogens (tertiary/aromatic N) is 3. The molecule has 0 saturated carbocycles. The second kappa shape index (κ2) is 5.45. The lowest BCUT2D eigenvalue weighted by Crippen LogP contribution is -2.22. The Morgan fingerprint density at radius 2 is 2.11 bits per heavy atom. The van der Waals surface area contributed by atoms with E-state index in [4.69, 9.17) is 5.73 Å². The van der Waals surface area contributed by atoms with Crippen LogP contribution >= 0.6 is 23.3 Å². The zero-order valence-electron chi connectivity index (χ0n) is 10.3. The summed E-state index contributed by atoms with van der Waals surface area (Å²) in [5, 5.41) is 0. The fourth-order valence-electron chi connectivity index (χ4n) is 1.29. The van der Waals surface area contributed by atoms with E-state index in [0.29, 0.717) is 5.69 Å². The van der Waals surface area contributed by atoms with Crippen molar-refractivity contribution >= 4 is 39.0 Å². The van der Waals surface area contributed by atoms with Gasteiger partial charge in [-0.15, -0.1) is 0 Å². The maximum absolute atomic E-state index is 12.0. The smallest absolute Gasteiger partial charge is 0.242 e. The molecule has 0 aliphatic rings. The average Bonchev–Trinajstić information content (AvgIpc) is 2.84. The molecule has 0 bridgehead atoms. The van der Waals surface area contributed by atoms with Crippen LogP contribution < -0.4 is 5.73 Å². The highest BCUT2D eigenvalue weighted by Gasteiger charge is 2.18. The monoisotopic (exact) mass is 316 g/mol. The summed E-state index contributed by atoms with van der Waals surface area (Å²) in [5.41, 5.74) is 6.29. The fourth-order valence-corrected chi connectivity index (χ4v) is 3.66. The van der Waals surface area contributed by atoms with Crippen LogP contribution in [0.25, 0.3) is 0 Å². The molecule has 0 amide bonds. The van der Waals surface area contributed by atoms with Crippen LogP contribution in [0.1, 0.15) is 0 Å². The Labute approximate surface area is 119 Å². The third-order valence-corrected chi connectivity index (χ3v) is 5.92. The first-order valence-corrected chi connectivity index (χ1v) is 8.21.